The average molecular weight is 333 g/mol. The van der Waals surface area contributed by atoms with E-state index in [9.17, 15) is 13.6 Å². The first-order valence-corrected chi connectivity index (χ1v) is 7.67. The Balaban J connectivity index is 2.21. The summed E-state index contributed by atoms with van der Waals surface area (Å²) < 4.78 is 26.5. The second-order valence-corrected chi connectivity index (χ2v) is 5.97. The topological polar surface area (TPSA) is 36.4 Å². The van der Waals surface area contributed by atoms with Gasteiger partial charge in [0, 0.05) is 31.5 Å². The molecule has 0 aliphatic heterocycles. The van der Waals surface area contributed by atoms with E-state index in [2.05, 4.69) is 4.98 Å². The minimum absolute atomic E-state index is 0.186. The predicted octanol–water partition coefficient (Wildman–Crippen LogP) is 2.87. The van der Waals surface area contributed by atoms with Gasteiger partial charge in [-0.15, -0.1) is 0 Å². The highest BCUT2D eigenvalue weighted by atomic mass is 19.2. The molecule has 1 amide bonds. The number of hydrogen-bond acceptors (Lipinski definition) is 3. The largest absolute Gasteiger partial charge is 0.333 e. The molecule has 24 heavy (non-hydrogen) atoms. The van der Waals surface area contributed by atoms with Crippen LogP contribution in [0.2, 0.25) is 0 Å². The van der Waals surface area contributed by atoms with Crippen molar-refractivity contribution in [3.8, 4) is 0 Å². The maximum atomic E-state index is 13.4. The van der Waals surface area contributed by atoms with Crippen molar-refractivity contribution in [1.29, 1.82) is 0 Å². The van der Waals surface area contributed by atoms with Crippen molar-refractivity contribution >= 4 is 5.91 Å². The Kier molecular flexibility index (Phi) is 5.98. The molecule has 1 aromatic carbocycles. The van der Waals surface area contributed by atoms with Gasteiger partial charge in [0.15, 0.2) is 11.6 Å². The van der Waals surface area contributed by atoms with Gasteiger partial charge in [0.25, 0.3) is 5.91 Å². The Morgan fingerprint density at radius 3 is 2.42 bits per heavy atom. The molecule has 0 spiro atoms. The normalized spacial score (nSPS) is 10.9. The summed E-state index contributed by atoms with van der Waals surface area (Å²) in [4.78, 5) is 20.4. The number of hydrogen-bond donors (Lipinski definition) is 0. The second-order valence-electron chi connectivity index (χ2n) is 5.97. The SMILES string of the molecule is Cc1ccc(C(=O)N(CCN(C)C)Cc2ccc(F)c(F)c2)cn1. The zero-order valence-corrected chi connectivity index (χ0v) is 14.1. The lowest BCUT2D eigenvalue weighted by Crippen LogP contribution is -2.36. The molecular formula is C18H21F2N3O. The van der Waals surface area contributed by atoms with Gasteiger partial charge in [0.2, 0.25) is 0 Å². The van der Waals surface area contributed by atoms with E-state index in [1.807, 2.05) is 25.9 Å². The van der Waals surface area contributed by atoms with Crippen LogP contribution in [-0.2, 0) is 6.54 Å². The molecular weight excluding hydrogens is 312 g/mol. The summed E-state index contributed by atoms with van der Waals surface area (Å²) in [6.45, 7) is 3.19. The number of halogens is 2. The summed E-state index contributed by atoms with van der Waals surface area (Å²) >= 11 is 0. The van der Waals surface area contributed by atoms with Crippen molar-refractivity contribution in [2.24, 2.45) is 0 Å². The Labute approximate surface area is 140 Å². The molecule has 0 radical (unpaired) electrons. The van der Waals surface area contributed by atoms with Crippen LogP contribution >= 0.6 is 0 Å². The van der Waals surface area contributed by atoms with Crippen LogP contribution in [0.3, 0.4) is 0 Å². The highest BCUT2D eigenvalue weighted by Gasteiger charge is 2.17. The summed E-state index contributed by atoms with van der Waals surface area (Å²) in [5.74, 6) is -1.99. The molecule has 0 N–H and O–H groups in total. The second kappa shape index (κ2) is 7.97. The van der Waals surface area contributed by atoms with Crippen LogP contribution in [-0.4, -0.2) is 47.9 Å². The monoisotopic (exact) mass is 333 g/mol. The molecule has 0 atom stereocenters. The number of aryl methyl sites for hydroxylation is 1. The van der Waals surface area contributed by atoms with Crippen LogP contribution < -0.4 is 0 Å². The van der Waals surface area contributed by atoms with E-state index in [0.29, 0.717) is 24.2 Å². The van der Waals surface area contributed by atoms with Crippen LogP contribution in [0.25, 0.3) is 0 Å². The predicted molar refractivity (Wildman–Crippen MR) is 88.6 cm³/mol. The summed E-state index contributed by atoms with van der Waals surface area (Å²) in [5, 5.41) is 0. The molecule has 0 aliphatic rings. The van der Waals surface area contributed by atoms with E-state index in [4.69, 9.17) is 0 Å². The van der Waals surface area contributed by atoms with Gasteiger partial charge in [-0.25, -0.2) is 8.78 Å². The lowest BCUT2D eigenvalue weighted by atomic mass is 10.1. The highest BCUT2D eigenvalue weighted by molar-refractivity contribution is 5.93. The number of carbonyl (C=O) groups excluding carboxylic acids is 1. The smallest absolute Gasteiger partial charge is 0.255 e. The minimum atomic E-state index is -0.912. The Hall–Kier alpha value is -2.34. The van der Waals surface area contributed by atoms with E-state index in [-0.39, 0.29) is 12.5 Å². The number of likely N-dealkylation sites (N-methyl/N-ethyl adjacent to an activating group) is 1. The first-order valence-electron chi connectivity index (χ1n) is 7.67. The van der Waals surface area contributed by atoms with Gasteiger partial charge in [-0.1, -0.05) is 6.07 Å². The van der Waals surface area contributed by atoms with Crippen molar-refractivity contribution in [2.75, 3.05) is 27.2 Å². The molecule has 4 nitrogen and oxygen atoms in total. The molecule has 0 saturated heterocycles. The number of rotatable bonds is 6. The third kappa shape index (κ3) is 4.83. The van der Waals surface area contributed by atoms with Crippen molar-refractivity contribution < 1.29 is 13.6 Å². The molecule has 0 fully saturated rings. The van der Waals surface area contributed by atoms with Gasteiger partial charge >= 0.3 is 0 Å². The number of pyridine rings is 1. The van der Waals surface area contributed by atoms with Crippen LogP contribution in [0, 0.1) is 18.6 Å². The van der Waals surface area contributed by atoms with Crippen LogP contribution in [0.4, 0.5) is 8.78 Å². The Morgan fingerprint density at radius 2 is 1.83 bits per heavy atom. The van der Waals surface area contributed by atoms with Gasteiger partial charge < -0.3 is 9.80 Å². The summed E-state index contributed by atoms with van der Waals surface area (Å²) in [6, 6.07) is 7.18. The van der Waals surface area contributed by atoms with Gasteiger partial charge in [-0.05, 0) is 50.8 Å². The zero-order chi connectivity index (χ0) is 17.7. The molecule has 0 aliphatic carbocycles. The standard InChI is InChI=1S/C18H21F2N3O/c1-13-4-6-15(11-21-13)18(24)23(9-8-22(2)3)12-14-5-7-16(19)17(20)10-14/h4-7,10-11H,8-9,12H2,1-3H3. The van der Waals surface area contributed by atoms with Crippen molar-refractivity contribution in [1.82, 2.24) is 14.8 Å². The lowest BCUT2D eigenvalue weighted by Gasteiger charge is -2.24. The minimum Gasteiger partial charge on any atom is -0.333 e. The number of amides is 1. The maximum Gasteiger partial charge on any atom is 0.255 e. The number of carbonyl (C=O) groups is 1. The van der Waals surface area contributed by atoms with Crippen molar-refractivity contribution in [3.05, 3.63) is 65.0 Å². The quantitative estimate of drug-likeness (QED) is 0.816. The van der Waals surface area contributed by atoms with Crippen molar-refractivity contribution in [3.63, 3.8) is 0 Å². The molecule has 0 saturated carbocycles. The average Bonchev–Trinajstić information content (AvgIpc) is 2.54. The molecule has 6 heteroatoms. The molecule has 2 rings (SSSR count). The first-order chi connectivity index (χ1) is 11.4. The zero-order valence-electron chi connectivity index (χ0n) is 14.1. The van der Waals surface area contributed by atoms with E-state index >= 15 is 0 Å². The van der Waals surface area contributed by atoms with Crippen LogP contribution in [0.1, 0.15) is 21.6 Å². The molecule has 2 aromatic rings. The highest BCUT2D eigenvalue weighted by Crippen LogP contribution is 2.13. The molecule has 0 bridgehead atoms. The number of benzene rings is 1. The van der Waals surface area contributed by atoms with Crippen LogP contribution in [0.5, 0.6) is 0 Å². The van der Waals surface area contributed by atoms with E-state index in [0.717, 1.165) is 17.8 Å². The summed E-state index contributed by atoms with van der Waals surface area (Å²) in [7, 11) is 3.82. The van der Waals surface area contributed by atoms with Gasteiger partial charge in [0.1, 0.15) is 0 Å². The van der Waals surface area contributed by atoms with Gasteiger partial charge in [-0.2, -0.15) is 0 Å². The van der Waals surface area contributed by atoms with E-state index in [1.165, 1.54) is 12.3 Å². The van der Waals surface area contributed by atoms with Crippen LogP contribution in [0.15, 0.2) is 36.5 Å². The summed E-state index contributed by atoms with van der Waals surface area (Å²) in [6.07, 6.45) is 1.53. The lowest BCUT2D eigenvalue weighted by molar-refractivity contribution is 0.0731. The third-order valence-corrected chi connectivity index (χ3v) is 3.62. The number of aromatic nitrogens is 1. The Bertz CT molecular complexity index is 702. The fourth-order valence-electron chi connectivity index (χ4n) is 2.21. The first kappa shape index (κ1) is 18.0. The molecule has 0 unspecified atom stereocenters. The fraction of sp³-hybridized carbons (Fsp3) is 0.333. The van der Waals surface area contributed by atoms with Crippen molar-refractivity contribution in [2.45, 2.75) is 13.5 Å². The molecule has 1 aromatic heterocycles. The summed E-state index contributed by atoms with van der Waals surface area (Å²) in [5.41, 5.74) is 1.84. The van der Waals surface area contributed by atoms with Gasteiger partial charge in [0.05, 0.1) is 5.56 Å². The van der Waals surface area contributed by atoms with Gasteiger partial charge in [-0.3, -0.25) is 9.78 Å². The third-order valence-electron chi connectivity index (χ3n) is 3.62. The molecule has 1 heterocycles. The Morgan fingerprint density at radius 1 is 1.08 bits per heavy atom. The van der Waals surface area contributed by atoms with E-state index in [1.54, 1.807) is 17.0 Å². The fourth-order valence-corrected chi connectivity index (χ4v) is 2.21. The number of nitrogens with zero attached hydrogens (tertiary/aromatic N) is 3. The molecule has 128 valence electrons. The van der Waals surface area contributed by atoms with E-state index < -0.39 is 11.6 Å². The maximum absolute atomic E-state index is 13.4.